The first kappa shape index (κ1) is 32.9. The SMILES string of the molecule is CCC(C)C(=O)Oc1ccc(CC(N)(CCOC(=O)OC[C@@H](C)CC)C(=O)OC)cc1OC(=O)C(C)CC. The Morgan fingerprint density at radius 3 is 1.97 bits per heavy atom. The number of esters is 3. The summed E-state index contributed by atoms with van der Waals surface area (Å²) < 4.78 is 26.1. The number of hydrogen-bond acceptors (Lipinski definition) is 10. The third-order valence-corrected chi connectivity index (χ3v) is 6.52. The van der Waals surface area contributed by atoms with Gasteiger partial charge in [0.2, 0.25) is 0 Å². The summed E-state index contributed by atoms with van der Waals surface area (Å²) in [6.45, 7) is 11.2. The van der Waals surface area contributed by atoms with Crippen molar-refractivity contribution in [2.45, 2.75) is 79.2 Å². The molecule has 0 bridgehead atoms. The van der Waals surface area contributed by atoms with Crippen molar-refractivity contribution >= 4 is 24.1 Å². The van der Waals surface area contributed by atoms with Gasteiger partial charge >= 0.3 is 24.1 Å². The highest BCUT2D eigenvalue weighted by Gasteiger charge is 2.36. The first-order valence-corrected chi connectivity index (χ1v) is 13.1. The van der Waals surface area contributed by atoms with Crippen LogP contribution in [0.25, 0.3) is 0 Å². The standard InChI is InChI=1S/C28H43NO9/c1-8-18(4)17-36-27(33)35-14-13-28(29,26(32)34-7)16-21-11-12-22(37-24(30)19(5)9-2)23(15-21)38-25(31)20(6)10-3/h11-12,15,18-20H,8-10,13-14,16-17,29H2,1-7H3/t18-,19?,20?,28?/m0/s1. The number of carbonyl (C=O) groups excluding carboxylic acids is 4. The third kappa shape index (κ3) is 10.3. The molecule has 0 spiro atoms. The maximum atomic E-state index is 12.6. The number of ether oxygens (including phenoxy) is 5. The molecule has 38 heavy (non-hydrogen) atoms. The highest BCUT2D eigenvalue weighted by molar-refractivity contribution is 5.81. The second kappa shape index (κ2) is 16.0. The Morgan fingerprint density at radius 1 is 0.868 bits per heavy atom. The first-order chi connectivity index (χ1) is 17.9. The van der Waals surface area contributed by atoms with Gasteiger partial charge in [-0.2, -0.15) is 0 Å². The van der Waals surface area contributed by atoms with Gasteiger partial charge in [0.1, 0.15) is 5.54 Å². The van der Waals surface area contributed by atoms with Gasteiger partial charge in [-0.05, 0) is 36.5 Å². The molecule has 214 valence electrons. The minimum atomic E-state index is -1.56. The lowest BCUT2D eigenvalue weighted by atomic mass is 9.88. The van der Waals surface area contributed by atoms with Gasteiger partial charge < -0.3 is 29.4 Å². The lowest BCUT2D eigenvalue weighted by molar-refractivity contribution is -0.148. The Bertz CT molecular complexity index is 948. The molecule has 1 rings (SSSR count). The van der Waals surface area contributed by atoms with Gasteiger partial charge in [-0.15, -0.1) is 0 Å². The van der Waals surface area contributed by atoms with Crippen molar-refractivity contribution in [3.05, 3.63) is 23.8 Å². The largest absolute Gasteiger partial charge is 0.508 e. The fourth-order valence-corrected chi connectivity index (χ4v) is 3.09. The quantitative estimate of drug-likeness (QED) is 0.249. The van der Waals surface area contributed by atoms with Crippen molar-refractivity contribution in [2.75, 3.05) is 20.3 Å². The third-order valence-electron chi connectivity index (χ3n) is 6.52. The van der Waals surface area contributed by atoms with Crippen LogP contribution in [0.1, 0.15) is 72.8 Å². The van der Waals surface area contributed by atoms with E-state index >= 15 is 0 Å². The van der Waals surface area contributed by atoms with Crippen molar-refractivity contribution < 1.29 is 42.9 Å². The Morgan fingerprint density at radius 2 is 1.45 bits per heavy atom. The summed E-state index contributed by atoms with van der Waals surface area (Å²) in [6, 6.07) is 4.62. The molecular weight excluding hydrogens is 494 g/mol. The molecule has 10 heteroatoms. The molecule has 1 aromatic carbocycles. The molecule has 0 heterocycles. The first-order valence-electron chi connectivity index (χ1n) is 13.1. The molecule has 0 aliphatic rings. The summed E-state index contributed by atoms with van der Waals surface area (Å²) in [7, 11) is 1.21. The van der Waals surface area contributed by atoms with Crippen LogP contribution in [0, 0.1) is 17.8 Å². The van der Waals surface area contributed by atoms with E-state index in [0.29, 0.717) is 18.4 Å². The zero-order chi connectivity index (χ0) is 28.9. The molecule has 1 aromatic rings. The van der Waals surface area contributed by atoms with Crippen molar-refractivity contribution in [3.8, 4) is 11.5 Å². The summed E-state index contributed by atoms with van der Waals surface area (Å²) >= 11 is 0. The molecule has 0 fully saturated rings. The van der Waals surface area contributed by atoms with E-state index in [2.05, 4.69) is 0 Å². The van der Waals surface area contributed by atoms with E-state index in [4.69, 9.17) is 29.4 Å². The Hall–Kier alpha value is -3.14. The maximum absolute atomic E-state index is 12.6. The lowest BCUT2D eigenvalue weighted by Gasteiger charge is -2.27. The second-order valence-corrected chi connectivity index (χ2v) is 9.74. The van der Waals surface area contributed by atoms with Gasteiger partial charge in [0, 0.05) is 12.8 Å². The van der Waals surface area contributed by atoms with Gasteiger partial charge in [0.15, 0.2) is 11.5 Å². The van der Waals surface area contributed by atoms with E-state index in [1.54, 1.807) is 19.9 Å². The molecule has 0 saturated carbocycles. The van der Waals surface area contributed by atoms with Gasteiger partial charge in [0.25, 0.3) is 0 Å². The van der Waals surface area contributed by atoms with E-state index in [9.17, 15) is 19.2 Å². The van der Waals surface area contributed by atoms with Crippen LogP contribution in [0.5, 0.6) is 11.5 Å². The van der Waals surface area contributed by atoms with Crippen molar-refractivity contribution in [1.82, 2.24) is 0 Å². The fraction of sp³-hybridized carbons (Fsp3) is 0.643. The number of benzene rings is 1. The zero-order valence-corrected chi connectivity index (χ0v) is 23.7. The van der Waals surface area contributed by atoms with Crippen LogP contribution < -0.4 is 15.2 Å². The van der Waals surface area contributed by atoms with E-state index in [-0.39, 0.29) is 55.3 Å². The molecule has 2 N–H and O–H groups in total. The summed E-state index contributed by atoms with van der Waals surface area (Å²) in [5.74, 6) is -2.05. The molecule has 0 amide bonds. The Labute approximate surface area is 225 Å². The maximum Gasteiger partial charge on any atom is 0.508 e. The fourth-order valence-electron chi connectivity index (χ4n) is 3.09. The number of rotatable bonds is 15. The van der Waals surface area contributed by atoms with Crippen molar-refractivity contribution in [1.29, 1.82) is 0 Å². The van der Waals surface area contributed by atoms with E-state index < -0.39 is 29.6 Å². The molecule has 10 nitrogen and oxygen atoms in total. The predicted octanol–water partition coefficient (Wildman–Crippen LogP) is 4.59. The van der Waals surface area contributed by atoms with Crippen LogP contribution in [-0.2, 0) is 35.0 Å². The molecule has 3 unspecified atom stereocenters. The van der Waals surface area contributed by atoms with Gasteiger partial charge in [-0.3, -0.25) is 14.4 Å². The normalized spacial score (nSPS) is 14.8. The van der Waals surface area contributed by atoms with Gasteiger partial charge in [-0.25, -0.2) is 4.79 Å². The smallest absolute Gasteiger partial charge is 0.468 e. The average Bonchev–Trinajstić information content (AvgIpc) is 2.91. The highest BCUT2D eigenvalue weighted by Crippen LogP contribution is 2.32. The van der Waals surface area contributed by atoms with Crippen LogP contribution in [-0.4, -0.2) is 49.9 Å². The average molecular weight is 538 g/mol. The van der Waals surface area contributed by atoms with Crippen molar-refractivity contribution in [3.63, 3.8) is 0 Å². The lowest BCUT2D eigenvalue weighted by Crippen LogP contribution is -2.51. The molecular formula is C28H43NO9. The summed E-state index contributed by atoms with van der Waals surface area (Å²) in [5, 5.41) is 0. The zero-order valence-electron chi connectivity index (χ0n) is 23.7. The minimum absolute atomic E-state index is 0.0293. The number of methoxy groups -OCH3 is 1. The molecule has 0 aliphatic heterocycles. The molecule has 0 saturated heterocycles. The van der Waals surface area contributed by atoms with Crippen LogP contribution >= 0.6 is 0 Å². The van der Waals surface area contributed by atoms with E-state index in [1.807, 2.05) is 27.7 Å². The predicted molar refractivity (Wildman–Crippen MR) is 141 cm³/mol. The Balaban J connectivity index is 3.13. The van der Waals surface area contributed by atoms with Gasteiger partial charge in [0.05, 0.1) is 32.2 Å². The number of hydrogen-bond donors (Lipinski definition) is 1. The molecule has 0 radical (unpaired) electrons. The summed E-state index contributed by atoms with van der Waals surface area (Å²) in [4.78, 5) is 49.4. The monoisotopic (exact) mass is 537 g/mol. The van der Waals surface area contributed by atoms with Gasteiger partial charge in [-0.1, -0.05) is 54.0 Å². The molecule has 0 aliphatic carbocycles. The second-order valence-electron chi connectivity index (χ2n) is 9.74. The minimum Gasteiger partial charge on any atom is -0.468 e. The topological polar surface area (TPSA) is 140 Å². The Kier molecular flexibility index (Phi) is 13.8. The van der Waals surface area contributed by atoms with Crippen LogP contribution in [0.3, 0.4) is 0 Å². The summed E-state index contributed by atoms with van der Waals surface area (Å²) in [6.07, 6.45) is 1.08. The van der Waals surface area contributed by atoms with E-state index in [1.165, 1.54) is 19.2 Å². The van der Waals surface area contributed by atoms with Crippen LogP contribution in [0.15, 0.2) is 18.2 Å². The highest BCUT2D eigenvalue weighted by atomic mass is 16.7. The number of nitrogens with two attached hydrogens (primary N) is 1. The van der Waals surface area contributed by atoms with Crippen molar-refractivity contribution in [2.24, 2.45) is 23.5 Å². The number of carbonyl (C=O) groups is 4. The van der Waals surface area contributed by atoms with Crippen LogP contribution in [0.2, 0.25) is 0 Å². The van der Waals surface area contributed by atoms with Crippen LogP contribution in [0.4, 0.5) is 4.79 Å². The summed E-state index contributed by atoms with van der Waals surface area (Å²) in [5.41, 5.74) is 5.38. The molecule has 4 atom stereocenters. The molecule has 0 aromatic heterocycles. The van der Waals surface area contributed by atoms with E-state index in [0.717, 1.165) is 6.42 Å².